The quantitative estimate of drug-likeness (QED) is 0.590. The molecule has 0 aliphatic carbocycles. The molecule has 2 aromatic rings. The number of rotatable bonds is 1. The van der Waals surface area contributed by atoms with E-state index in [1.54, 1.807) is 0 Å². The van der Waals surface area contributed by atoms with Crippen LogP contribution in [0, 0.1) is 5.82 Å². The predicted octanol–water partition coefficient (Wildman–Crippen LogP) is 5.87. The first-order valence-corrected chi connectivity index (χ1v) is 6.21. The molecule has 0 saturated carbocycles. The van der Waals surface area contributed by atoms with Gasteiger partial charge in [-0.25, -0.2) is 4.39 Å². The fraction of sp³-hybridized carbons (Fsp3) is 0.0833. The van der Waals surface area contributed by atoms with Gasteiger partial charge in [0.15, 0.2) is 0 Å². The molecule has 0 radical (unpaired) electrons. The second-order valence-corrected chi connectivity index (χ2v) is 5.04. The van der Waals surface area contributed by atoms with Crippen LogP contribution in [-0.4, -0.2) is 4.98 Å². The normalized spacial score (nSPS) is 11.8. The molecule has 0 unspecified atom stereocenters. The van der Waals surface area contributed by atoms with Gasteiger partial charge in [0.25, 0.3) is 0 Å². The molecule has 2 rings (SSSR count). The lowest BCUT2D eigenvalue weighted by molar-refractivity contribution is -0.140. The third-order valence-corrected chi connectivity index (χ3v) is 3.24. The Labute approximate surface area is 126 Å². The van der Waals surface area contributed by atoms with Crippen molar-refractivity contribution in [1.29, 1.82) is 0 Å². The average molecular weight is 345 g/mol. The van der Waals surface area contributed by atoms with Crippen LogP contribution in [0.3, 0.4) is 0 Å². The molecule has 0 spiro atoms. The summed E-state index contributed by atoms with van der Waals surface area (Å²) in [6.07, 6.45) is -4.42. The summed E-state index contributed by atoms with van der Waals surface area (Å²) in [5, 5.41) is 0.374. The van der Waals surface area contributed by atoms with Crippen molar-refractivity contribution in [3.8, 4) is 11.3 Å². The smallest absolute Gasteiger partial charge is 0.255 e. The zero-order valence-corrected chi connectivity index (χ0v) is 11.7. The van der Waals surface area contributed by atoms with Crippen LogP contribution in [0.15, 0.2) is 24.4 Å². The standard InChI is InChI=1S/C12H4Cl3F4N/c13-5-1-7(14)11(8(15)2-5)10-3-9(16)6(4-20-10)12(17,18)19/h1-4H. The molecule has 0 fully saturated rings. The molecule has 0 bridgehead atoms. The lowest BCUT2D eigenvalue weighted by Crippen LogP contribution is -2.09. The van der Waals surface area contributed by atoms with Crippen molar-refractivity contribution in [3.05, 3.63) is 50.8 Å². The first-order chi connectivity index (χ1) is 9.20. The van der Waals surface area contributed by atoms with Crippen LogP contribution in [0.1, 0.15) is 5.56 Å². The molecular weight excluding hydrogens is 340 g/mol. The van der Waals surface area contributed by atoms with Crippen LogP contribution in [-0.2, 0) is 6.18 Å². The molecule has 0 aliphatic heterocycles. The zero-order valence-electron chi connectivity index (χ0n) is 9.40. The van der Waals surface area contributed by atoms with Crippen LogP contribution >= 0.6 is 34.8 Å². The molecule has 0 amide bonds. The highest BCUT2D eigenvalue weighted by Gasteiger charge is 2.34. The average Bonchev–Trinajstić information content (AvgIpc) is 2.25. The van der Waals surface area contributed by atoms with E-state index in [1.807, 2.05) is 0 Å². The molecule has 0 saturated heterocycles. The Morgan fingerprint density at radius 1 is 0.950 bits per heavy atom. The highest BCUT2D eigenvalue weighted by Crippen LogP contribution is 2.38. The highest BCUT2D eigenvalue weighted by atomic mass is 35.5. The second-order valence-electron chi connectivity index (χ2n) is 3.79. The summed E-state index contributed by atoms with van der Waals surface area (Å²) in [5.74, 6) is -1.45. The van der Waals surface area contributed by atoms with Gasteiger partial charge in [0.05, 0.1) is 15.7 Å². The number of alkyl halides is 3. The summed E-state index contributed by atoms with van der Waals surface area (Å²) >= 11 is 17.5. The van der Waals surface area contributed by atoms with E-state index in [2.05, 4.69) is 4.98 Å². The van der Waals surface area contributed by atoms with Crippen molar-refractivity contribution < 1.29 is 17.6 Å². The van der Waals surface area contributed by atoms with Crippen molar-refractivity contribution in [2.45, 2.75) is 6.18 Å². The molecule has 1 aromatic carbocycles. The second kappa shape index (κ2) is 5.39. The minimum absolute atomic E-state index is 0.0640. The number of hydrogen-bond acceptors (Lipinski definition) is 1. The van der Waals surface area contributed by atoms with E-state index in [-0.39, 0.29) is 26.3 Å². The third-order valence-electron chi connectivity index (χ3n) is 2.42. The molecule has 1 aromatic heterocycles. The summed E-state index contributed by atoms with van der Waals surface area (Å²) in [6, 6.07) is 3.30. The zero-order chi connectivity index (χ0) is 15.1. The van der Waals surface area contributed by atoms with Crippen LogP contribution in [0.4, 0.5) is 17.6 Å². The minimum Gasteiger partial charge on any atom is -0.255 e. The fourth-order valence-corrected chi connectivity index (χ4v) is 2.57. The Morgan fingerprint density at radius 3 is 1.95 bits per heavy atom. The van der Waals surface area contributed by atoms with Gasteiger partial charge in [-0.05, 0) is 12.1 Å². The van der Waals surface area contributed by atoms with Crippen LogP contribution < -0.4 is 0 Å². The number of benzene rings is 1. The summed E-state index contributed by atoms with van der Waals surface area (Å²) in [4.78, 5) is 3.56. The summed E-state index contributed by atoms with van der Waals surface area (Å²) in [7, 11) is 0. The van der Waals surface area contributed by atoms with E-state index < -0.39 is 17.6 Å². The van der Waals surface area contributed by atoms with Crippen LogP contribution in [0.2, 0.25) is 15.1 Å². The first kappa shape index (κ1) is 15.4. The molecule has 1 nitrogen and oxygen atoms in total. The maximum atomic E-state index is 13.5. The Hall–Kier alpha value is -1.04. The van der Waals surface area contributed by atoms with Gasteiger partial charge in [0.2, 0.25) is 0 Å². The number of aromatic nitrogens is 1. The van der Waals surface area contributed by atoms with Gasteiger partial charge < -0.3 is 0 Å². The van der Waals surface area contributed by atoms with Gasteiger partial charge in [-0.2, -0.15) is 13.2 Å². The van der Waals surface area contributed by atoms with Crippen LogP contribution in [0.5, 0.6) is 0 Å². The maximum Gasteiger partial charge on any atom is 0.420 e. The van der Waals surface area contributed by atoms with Gasteiger partial charge >= 0.3 is 6.18 Å². The summed E-state index contributed by atoms with van der Waals surface area (Å²) in [5.41, 5.74) is -1.45. The molecule has 20 heavy (non-hydrogen) atoms. The van der Waals surface area contributed by atoms with Crippen molar-refractivity contribution in [2.24, 2.45) is 0 Å². The number of hydrogen-bond donors (Lipinski definition) is 0. The van der Waals surface area contributed by atoms with Crippen molar-refractivity contribution in [2.75, 3.05) is 0 Å². The van der Waals surface area contributed by atoms with Gasteiger partial charge in [-0.15, -0.1) is 0 Å². The predicted molar refractivity (Wildman–Crippen MR) is 69.7 cm³/mol. The van der Waals surface area contributed by atoms with E-state index in [0.717, 1.165) is 0 Å². The molecule has 0 aliphatic rings. The maximum absolute atomic E-state index is 13.5. The van der Waals surface area contributed by atoms with E-state index in [0.29, 0.717) is 12.3 Å². The van der Waals surface area contributed by atoms with Crippen molar-refractivity contribution in [1.82, 2.24) is 4.98 Å². The van der Waals surface area contributed by atoms with E-state index >= 15 is 0 Å². The van der Waals surface area contributed by atoms with Gasteiger partial charge in [0, 0.05) is 22.8 Å². The van der Waals surface area contributed by atoms with Gasteiger partial charge in [-0.1, -0.05) is 34.8 Å². The third kappa shape index (κ3) is 3.00. The topological polar surface area (TPSA) is 12.9 Å². The number of halogens is 7. The monoisotopic (exact) mass is 343 g/mol. The molecular formula is C12H4Cl3F4N. The number of nitrogens with zero attached hydrogens (tertiary/aromatic N) is 1. The Kier molecular flexibility index (Phi) is 4.14. The Morgan fingerprint density at radius 2 is 1.50 bits per heavy atom. The summed E-state index contributed by atoms with van der Waals surface area (Å²) < 4.78 is 50.8. The largest absolute Gasteiger partial charge is 0.420 e. The Balaban J connectivity index is 2.59. The first-order valence-electron chi connectivity index (χ1n) is 5.08. The molecule has 106 valence electrons. The SMILES string of the molecule is Fc1cc(-c2c(Cl)cc(Cl)cc2Cl)ncc1C(F)(F)F. The lowest BCUT2D eigenvalue weighted by Gasteiger charge is -2.11. The van der Waals surface area contributed by atoms with Gasteiger partial charge in [0.1, 0.15) is 11.4 Å². The summed E-state index contributed by atoms with van der Waals surface area (Å²) in [6.45, 7) is 0. The Bertz CT molecular complexity index is 647. The molecule has 0 N–H and O–H groups in total. The molecule has 1 heterocycles. The van der Waals surface area contributed by atoms with E-state index in [4.69, 9.17) is 34.8 Å². The number of pyridine rings is 1. The highest BCUT2D eigenvalue weighted by molar-refractivity contribution is 6.41. The molecule has 8 heteroatoms. The fourth-order valence-electron chi connectivity index (χ4n) is 1.56. The van der Waals surface area contributed by atoms with Crippen molar-refractivity contribution in [3.63, 3.8) is 0 Å². The van der Waals surface area contributed by atoms with E-state index in [9.17, 15) is 17.6 Å². The van der Waals surface area contributed by atoms with Crippen LogP contribution in [0.25, 0.3) is 11.3 Å². The molecule has 0 atom stereocenters. The van der Waals surface area contributed by atoms with Crippen molar-refractivity contribution >= 4 is 34.8 Å². The lowest BCUT2D eigenvalue weighted by atomic mass is 10.1. The minimum atomic E-state index is -4.82. The van der Waals surface area contributed by atoms with E-state index in [1.165, 1.54) is 12.1 Å². The van der Waals surface area contributed by atoms with Gasteiger partial charge in [-0.3, -0.25) is 4.98 Å².